The molecule has 4 nitrogen and oxygen atoms in total. The highest BCUT2D eigenvalue weighted by Gasteiger charge is 2.23. The van der Waals surface area contributed by atoms with Crippen molar-refractivity contribution in [2.24, 2.45) is 0 Å². The number of pyridine rings is 1. The van der Waals surface area contributed by atoms with Gasteiger partial charge in [0.15, 0.2) is 0 Å². The van der Waals surface area contributed by atoms with Gasteiger partial charge in [-0.3, -0.25) is 9.88 Å². The molecule has 1 aliphatic rings. The molecule has 1 fully saturated rings. The number of rotatable bonds is 6. The van der Waals surface area contributed by atoms with Crippen LogP contribution in [-0.2, 0) is 6.54 Å². The number of likely N-dealkylation sites (tertiary alicyclic amines) is 1. The smallest absolute Gasteiger partial charge is 0.117 e. The number of hydrogen-bond acceptors (Lipinski definition) is 4. The van der Waals surface area contributed by atoms with Crippen molar-refractivity contribution in [1.29, 1.82) is 0 Å². The summed E-state index contributed by atoms with van der Waals surface area (Å²) in [5, 5.41) is 3.83. The maximum Gasteiger partial charge on any atom is 0.117 e. The summed E-state index contributed by atoms with van der Waals surface area (Å²) in [6.07, 6.45) is 7.10. The zero-order chi connectivity index (χ0) is 16.1. The van der Waals surface area contributed by atoms with E-state index in [1.807, 2.05) is 18.3 Å². The fourth-order valence-electron chi connectivity index (χ4n) is 3.42. The second kappa shape index (κ2) is 7.75. The van der Waals surface area contributed by atoms with Gasteiger partial charge in [-0.2, -0.15) is 0 Å². The first-order valence-corrected chi connectivity index (χ1v) is 8.68. The summed E-state index contributed by atoms with van der Waals surface area (Å²) in [5.74, 6) is 1.06. The second-order valence-electron chi connectivity index (χ2n) is 6.46. The van der Waals surface area contributed by atoms with Crippen molar-refractivity contribution in [3.63, 3.8) is 0 Å². The third-order valence-corrected chi connectivity index (χ3v) is 4.77. The van der Waals surface area contributed by atoms with E-state index in [2.05, 4.69) is 41.2 Å². The van der Waals surface area contributed by atoms with E-state index in [4.69, 9.17) is 4.42 Å². The molecule has 23 heavy (non-hydrogen) atoms. The lowest BCUT2D eigenvalue weighted by Gasteiger charge is -2.34. The Bertz CT molecular complexity index is 588. The lowest BCUT2D eigenvalue weighted by Crippen LogP contribution is -2.43. The van der Waals surface area contributed by atoms with Gasteiger partial charge in [0, 0.05) is 31.4 Å². The Kier molecular flexibility index (Phi) is 5.47. The van der Waals surface area contributed by atoms with Crippen LogP contribution in [0.1, 0.15) is 49.2 Å². The highest BCUT2D eigenvalue weighted by molar-refractivity contribution is 5.21. The SMILES string of the molecule is CC[C@@H](NC1CCN(Cc2ccco2)CC1)c1ncccc1C. The molecule has 3 heterocycles. The molecule has 1 atom stereocenters. The maximum atomic E-state index is 5.45. The molecule has 4 heteroatoms. The van der Waals surface area contributed by atoms with E-state index in [9.17, 15) is 0 Å². The van der Waals surface area contributed by atoms with Crippen LogP contribution in [0.5, 0.6) is 0 Å². The minimum Gasteiger partial charge on any atom is -0.468 e. The molecule has 124 valence electrons. The summed E-state index contributed by atoms with van der Waals surface area (Å²) < 4.78 is 5.45. The molecule has 3 rings (SSSR count). The first kappa shape index (κ1) is 16.2. The summed E-state index contributed by atoms with van der Waals surface area (Å²) in [5.41, 5.74) is 2.48. The number of hydrogen-bond donors (Lipinski definition) is 1. The summed E-state index contributed by atoms with van der Waals surface area (Å²) in [7, 11) is 0. The fraction of sp³-hybridized carbons (Fsp3) is 0.526. The van der Waals surface area contributed by atoms with Crippen LogP contribution in [0.4, 0.5) is 0 Å². The molecular weight excluding hydrogens is 286 g/mol. The molecular formula is C19H27N3O. The van der Waals surface area contributed by atoms with E-state index >= 15 is 0 Å². The Morgan fingerprint density at radius 1 is 1.30 bits per heavy atom. The molecule has 0 amide bonds. The van der Waals surface area contributed by atoms with E-state index in [1.165, 1.54) is 24.1 Å². The van der Waals surface area contributed by atoms with E-state index in [-0.39, 0.29) is 0 Å². The number of aryl methyl sites for hydroxylation is 1. The quantitative estimate of drug-likeness (QED) is 0.883. The van der Waals surface area contributed by atoms with Gasteiger partial charge in [-0.05, 0) is 49.9 Å². The van der Waals surface area contributed by atoms with Gasteiger partial charge in [-0.15, -0.1) is 0 Å². The Morgan fingerprint density at radius 2 is 2.13 bits per heavy atom. The van der Waals surface area contributed by atoms with Crippen LogP contribution in [-0.4, -0.2) is 29.0 Å². The zero-order valence-corrected chi connectivity index (χ0v) is 14.2. The third-order valence-electron chi connectivity index (χ3n) is 4.77. The van der Waals surface area contributed by atoms with Gasteiger partial charge in [0.25, 0.3) is 0 Å². The molecule has 1 N–H and O–H groups in total. The van der Waals surface area contributed by atoms with Crippen molar-refractivity contribution in [2.75, 3.05) is 13.1 Å². The normalized spacial score (nSPS) is 18.2. The Hall–Kier alpha value is -1.65. The van der Waals surface area contributed by atoms with Gasteiger partial charge in [0.05, 0.1) is 18.5 Å². The Morgan fingerprint density at radius 3 is 2.78 bits per heavy atom. The molecule has 2 aromatic heterocycles. The minimum atomic E-state index is 0.359. The van der Waals surface area contributed by atoms with E-state index in [0.717, 1.165) is 31.8 Å². The van der Waals surface area contributed by atoms with Gasteiger partial charge in [-0.1, -0.05) is 13.0 Å². The van der Waals surface area contributed by atoms with Crippen LogP contribution in [0.15, 0.2) is 41.1 Å². The molecule has 0 aromatic carbocycles. The van der Waals surface area contributed by atoms with Gasteiger partial charge >= 0.3 is 0 Å². The van der Waals surface area contributed by atoms with Crippen LogP contribution in [0, 0.1) is 6.92 Å². The van der Waals surface area contributed by atoms with Crippen LogP contribution < -0.4 is 5.32 Å². The summed E-state index contributed by atoms with van der Waals surface area (Å²) in [4.78, 5) is 7.07. The number of nitrogens with zero attached hydrogens (tertiary/aromatic N) is 2. The van der Waals surface area contributed by atoms with Crippen LogP contribution in [0.2, 0.25) is 0 Å². The van der Waals surface area contributed by atoms with Gasteiger partial charge < -0.3 is 9.73 Å². The molecule has 0 saturated carbocycles. The number of nitrogens with one attached hydrogen (secondary N) is 1. The van der Waals surface area contributed by atoms with Crippen molar-refractivity contribution in [2.45, 2.75) is 51.7 Å². The average molecular weight is 313 g/mol. The predicted molar refractivity (Wildman–Crippen MR) is 92.1 cm³/mol. The monoisotopic (exact) mass is 313 g/mol. The van der Waals surface area contributed by atoms with Gasteiger partial charge in [0.2, 0.25) is 0 Å². The van der Waals surface area contributed by atoms with Crippen molar-refractivity contribution in [3.05, 3.63) is 53.7 Å². The summed E-state index contributed by atoms with van der Waals surface area (Å²) in [6.45, 7) is 7.55. The number of furan rings is 1. The fourth-order valence-corrected chi connectivity index (χ4v) is 3.42. The third kappa shape index (κ3) is 4.21. The Labute approximate surface area is 138 Å². The van der Waals surface area contributed by atoms with Crippen molar-refractivity contribution < 1.29 is 4.42 Å². The van der Waals surface area contributed by atoms with Crippen molar-refractivity contribution in [1.82, 2.24) is 15.2 Å². The number of piperidine rings is 1. The van der Waals surface area contributed by atoms with E-state index < -0.39 is 0 Å². The average Bonchev–Trinajstić information content (AvgIpc) is 3.08. The lowest BCUT2D eigenvalue weighted by molar-refractivity contribution is 0.172. The van der Waals surface area contributed by atoms with Crippen molar-refractivity contribution in [3.8, 4) is 0 Å². The molecule has 0 radical (unpaired) electrons. The lowest BCUT2D eigenvalue weighted by atomic mass is 10.00. The first-order chi connectivity index (χ1) is 11.3. The van der Waals surface area contributed by atoms with Gasteiger partial charge in [-0.25, -0.2) is 0 Å². The standard InChI is InChI=1S/C19H27N3O/c1-3-18(19-15(2)6-4-10-20-19)21-16-8-11-22(12-9-16)14-17-7-5-13-23-17/h4-7,10,13,16,18,21H,3,8-9,11-12,14H2,1-2H3/t18-/m1/s1. The molecule has 2 aromatic rings. The molecule has 0 aliphatic carbocycles. The van der Waals surface area contributed by atoms with Crippen molar-refractivity contribution >= 4 is 0 Å². The predicted octanol–water partition coefficient (Wildman–Crippen LogP) is 3.69. The van der Waals surface area contributed by atoms with Crippen LogP contribution in [0.3, 0.4) is 0 Å². The molecule has 0 bridgehead atoms. The molecule has 1 saturated heterocycles. The highest BCUT2D eigenvalue weighted by atomic mass is 16.3. The van der Waals surface area contributed by atoms with Gasteiger partial charge in [0.1, 0.15) is 5.76 Å². The largest absolute Gasteiger partial charge is 0.468 e. The summed E-state index contributed by atoms with van der Waals surface area (Å²) >= 11 is 0. The molecule has 0 unspecified atom stereocenters. The summed E-state index contributed by atoms with van der Waals surface area (Å²) in [6, 6.07) is 9.12. The second-order valence-corrected chi connectivity index (χ2v) is 6.46. The topological polar surface area (TPSA) is 41.3 Å². The highest BCUT2D eigenvalue weighted by Crippen LogP contribution is 2.22. The zero-order valence-electron chi connectivity index (χ0n) is 14.2. The minimum absolute atomic E-state index is 0.359. The van der Waals surface area contributed by atoms with E-state index in [1.54, 1.807) is 6.26 Å². The van der Waals surface area contributed by atoms with Crippen LogP contribution >= 0.6 is 0 Å². The first-order valence-electron chi connectivity index (χ1n) is 8.68. The van der Waals surface area contributed by atoms with Crippen LogP contribution in [0.25, 0.3) is 0 Å². The maximum absolute atomic E-state index is 5.45. The molecule has 1 aliphatic heterocycles. The van der Waals surface area contributed by atoms with E-state index in [0.29, 0.717) is 12.1 Å². The Balaban J connectivity index is 1.52. The number of aromatic nitrogens is 1. The molecule has 0 spiro atoms.